The summed E-state index contributed by atoms with van der Waals surface area (Å²) in [7, 11) is 0. The van der Waals surface area contributed by atoms with E-state index in [2.05, 4.69) is 5.32 Å². The van der Waals surface area contributed by atoms with Crippen molar-refractivity contribution in [2.75, 3.05) is 18.7 Å². The number of fused-ring (bicyclic) bond motifs is 1. The van der Waals surface area contributed by atoms with Crippen LogP contribution in [0.3, 0.4) is 0 Å². The van der Waals surface area contributed by atoms with Crippen molar-refractivity contribution in [2.45, 2.75) is 12.8 Å². The predicted molar refractivity (Wildman–Crippen MR) is 102 cm³/mol. The van der Waals surface area contributed by atoms with E-state index in [1.54, 1.807) is 6.07 Å². The molecule has 0 unspecified atom stereocenters. The summed E-state index contributed by atoms with van der Waals surface area (Å²) in [5, 5.41) is 3.26. The van der Waals surface area contributed by atoms with Gasteiger partial charge in [-0.2, -0.15) is 0 Å². The van der Waals surface area contributed by atoms with Gasteiger partial charge in [-0.1, -0.05) is 40.9 Å². The predicted octanol–water partition coefficient (Wildman–Crippen LogP) is 4.49. The number of anilines is 1. The van der Waals surface area contributed by atoms with E-state index in [4.69, 9.17) is 49.0 Å². The van der Waals surface area contributed by atoms with Gasteiger partial charge in [0, 0.05) is 6.42 Å². The number of nitrogens with one attached hydrogen (secondary N) is 1. The highest BCUT2D eigenvalue weighted by molar-refractivity contribution is 6.44. The SMILES string of the molecule is O=C(COC(=O)CCc1ccc2c(c1)OCO2)Nc1cc(Cl)c(Cl)cc1Cl. The number of rotatable bonds is 6. The van der Waals surface area contributed by atoms with Crippen molar-refractivity contribution in [3.05, 3.63) is 51.0 Å². The molecule has 3 rings (SSSR count). The topological polar surface area (TPSA) is 73.9 Å². The van der Waals surface area contributed by atoms with Gasteiger partial charge in [-0.3, -0.25) is 9.59 Å². The molecule has 1 aliphatic rings. The van der Waals surface area contributed by atoms with E-state index in [1.165, 1.54) is 12.1 Å². The summed E-state index contributed by atoms with van der Waals surface area (Å²) < 4.78 is 15.5. The fourth-order valence-corrected chi connectivity index (χ4v) is 2.96. The van der Waals surface area contributed by atoms with E-state index in [9.17, 15) is 9.59 Å². The Bertz CT molecular complexity index is 888. The second-order valence-corrected chi connectivity index (χ2v) is 6.86. The summed E-state index contributed by atoms with van der Waals surface area (Å²) in [6.07, 6.45) is 0.580. The van der Waals surface area contributed by atoms with Gasteiger partial charge in [0.05, 0.1) is 20.8 Å². The molecule has 1 heterocycles. The molecule has 0 aromatic heterocycles. The highest BCUT2D eigenvalue weighted by Gasteiger charge is 2.15. The summed E-state index contributed by atoms with van der Waals surface area (Å²) in [5.41, 5.74) is 1.19. The number of benzene rings is 2. The van der Waals surface area contributed by atoms with Crippen LogP contribution in [0.4, 0.5) is 5.69 Å². The van der Waals surface area contributed by atoms with Crippen LogP contribution in [0.1, 0.15) is 12.0 Å². The number of hydrogen-bond donors (Lipinski definition) is 1. The molecule has 27 heavy (non-hydrogen) atoms. The fraction of sp³-hybridized carbons (Fsp3) is 0.222. The fourth-order valence-electron chi connectivity index (χ4n) is 2.37. The molecule has 0 aliphatic carbocycles. The first-order valence-electron chi connectivity index (χ1n) is 7.91. The molecule has 0 atom stereocenters. The zero-order valence-corrected chi connectivity index (χ0v) is 16.2. The van der Waals surface area contributed by atoms with Crippen molar-refractivity contribution in [2.24, 2.45) is 0 Å². The molecule has 9 heteroatoms. The molecule has 1 aliphatic heterocycles. The molecular formula is C18H14Cl3NO5. The molecule has 0 bridgehead atoms. The third-order valence-corrected chi connectivity index (χ3v) is 4.74. The first kappa shape index (κ1) is 19.6. The number of halogens is 3. The van der Waals surface area contributed by atoms with Crippen molar-refractivity contribution in [1.29, 1.82) is 0 Å². The minimum absolute atomic E-state index is 0.125. The molecule has 0 saturated carbocycles. The number of aryl methyl sites for hydroxylation is 1. The van der Waals surface area contributed by atoms with Crippen molar-refractivity contribution < 1.29 is 23.8 Å². The number of carbonyl (C=O) groups excluding carboxylic acids is 2. The molecule has 0 saturated heterocycles. The number of carbonyl (C=O) groups is 2. The van der Waals surface area contributed by atoms with Gasteiger partial charge in [0.25, 0.3) is 5.91 Å². The summed E-state index contributed by atoms with van der Waals surface area (Å²) in [6, 6.07) is 8.29. The van der Waals surface area contributed by atoms with Crippen LogP contribution in [0.25, 0.3) is 0 Å². The normalized spacial score (nSPS) is 12.0. The quantitative estimate of drug-likeness (QED) is 0.540. The Labute approximate surface area is 170 Å². The van der Waals surface area contributed by atoms with Gasteiger partial charge in [0.1, 0.15) is 0 Å². The van der Waals surface area contributed by atoms with Gasteiger partial charge in [-0.15, -0.1) is 0 Å². The summed E-state index contributed by atoms with van der Waals surface area (Å²) >= 11 is 17.7. The van der Waals surface area contributed by atoms with Crippen LogP contribution in [-0.2, 0) is 20.7 Å². The van der Waals surface area contributed by atoms with Crippen molar-refractivity contribution in [3.8, 4) is 11.5 Å². The molecule has 1 amide bonds. The number of ether oxygens (including phenoxy) is 3. The monoisotopic (exact) mass is 429 g/mol. The zero-order chi connectivity index (χ0) is 19.4. The first-order valence-corrected chi connectivity index (χ1v) is 9.04. The maximum absolute atomic E-state index is 11.9. The van der Waals surface area contributed by atoms with Gasteiger partial charge in [-0.25, -0.2) is 0 Å². The third-order valence-electron chi connectivity index (χ3n) is 3.70. The molecule has 0 radical (unpaired) electrons. The van der Waals surface area contributed by atoms with E-state index < -0.39 is 18.5 Å². The average Bonchev–Trinajstić information content (AvgIpc) is 3.10. The number of esters is 1. The Morgan fingerprint density at radius 3 is 2.56 bits per heavy atom. The van der Waals surface area contributed by atoms with E-state index in [0.717, 1.165) is 5.56 Å². The van der Waals surface area contributed by atoms with Crippen LogP contribution in [0.15, 0.2) is 30.3 Å². The van der Waals surface area contributed by atoms with Crippen molar-refractivity contribution in [3.63, 3.8) is 0 Å². The van der Waals surface area contributed by atoms with Gasteiger partial charge in [0.2, 0.25) is 6.79 Å². The Balaban J connectivity index is 1.45. The summed E-state index contributed by atoms with van der Waals surface area (Å²) in [5.74, 6) is 0.299. The van der Waals surface area contributed by atoms with Crippen LogP contribution in [0.5, 0.6) is 11.5 Å². The smallest absolute Gasteiger partial charge is 0.306 e. The largest absolute Gasteiger partial charge is 0.456 e. The van der Waals surface area contributed by atoms with E-state index >= 15 is 0 Å². The van der Waals surface area contributed by atoms with Crippen molar-refractivity contribution in [1.82, 2.24) is 0 Å². The molecule has 1 N–H and O–H groups in total. The molecule has 0 spiro atoms. The molecule has 2 aromatic carbocycles. The minimum Gasteiger partial charge on any atom is -0.456 e. The molecule has 142 valence electrons. The van der Waals surface area contributed by atoms with Crippen LogP contribution in [0.2, 0.25) is 15.1 Å². The molecule has 0 fully saturated rings. The maximum atomic E-state index is 11.9. The van der Waals surface area contributed by atoms with E-state index in [-0.39, 0.29) is 34.0 Å². The Morgan fingerprint density at radius 2 is 1.74 bits per heavy atom. The lowest BCUT2D eigenvalue weighted by Gasteiger charge is -2.09. The Morgan fingerprint density at radius 1 is 1.00 bits per heavy atom. The second kappa shape index (κ2) is 8.69. The van der Waals surface area contributed by atoms with Gasteiger partial charge in [0.15, 0.2) is 18.1 Å². The van der Waals surface area contributed by atoms with E-state index in [0.29, 0.717) is 17.9 Å². The second-order valence-electron chi connectivity index (χ2n) is 5.64. The van der Waals surface area contributed by atoms with Crippen molar-refractivity contribution >= 4 is 52.4 Å². The molecule has 2 aromatic rings. The third kappa shape index (κ3) is 5.19. The van der Waals surface area contributed by atoms with Gasteiger partial charge < -0.3 is 19.5 Å². The zero-order valence-electron chi connectivity index (χ0n) is 13.9. The highest BCUT2D eigenvalue weighted by Crippen LogP contribution is 2.33. The van der Waals surface area contributed by atoms with Crippen LogP contribution < -0.4 is 14.8 Å². The maximum Gasteiger partial charge on any atom is 0.306 e. The number of hydrogen-bond acceptors (Lipinski definition) is 5. The lowest BCUT2D eigenvalue weighted by atomic mass is 10.1. The Hall–Kier alpha value is -2.15. The standard InChI is InChI=1S/C18H14Cl3NO5/c19-11-6-13(21)14(7-12(11)20)22-17(23)8-25-18(24)4-2-10-1-3-15-16(5-10)27-9-26-15/h1,3,5-7H,2,4,8-9H2,(H,22,23). The van der Waals surface area contributed by atoms with Crippen LogP contribution in [0, 0.1) is 0 Å². The summed E-state index contributed by atoms with van der Waals surface area (Å²) in [6.45, 7) is -0.241. The lowest BCUT2D eigenvalue weighted by Crippen LogP contribution is -2.21. The Kier molecular flexibility index (Phi) is 6.31. The molecule has 6 nitrogen and oxygen atoms in total. The van der Waals surface area contributed by atoms with Gasteiger partial charge in [-0.05, 0) is 36.2 Å². The summed E-state index contributed by atoms with van der Waals surface area (Å²) in [4.78, 5) is 23.8. The highest BCUT2D eigenvalue weighted by atomic mass is 35.5. The molecular weight excluding hydrogens is 417 g/mol. The van der Waals surface area contributed by atoms with Crippen LogP contribution in [-0.4, -0.2) is 25.3 Å². The first-order chi connectivity index (χ1) is 12.9. The number of amides is 1. The van der Waals surface area contributed by atoms with E-state index in [1.807, 2.05) is 12.1 Å². The average molecular weight is 431 g/mol. The minimum atomic E-state index is -0.535. The van der Waals surface area contributed by atoms with Crippen LogP contribution >= 0.6 is 34.8 Å². The lowest BCUT2D eigenvalue weighted by molar-refractivity contribution is -0.147. The van der Waals surface area contributed by atoms with Gasteiger partial charge >= 0.3 is 5.97 Å².